The Morgan fingerprint density at radius 3 is 2.72 bits per heavy atom. The highest BCUT2D eigenvalue weighted by Gasteiger charge is 2.17. The Morgan fingerprint density at radius 1 is 1.25 bits per heavy atom. The molecule has 1 saturated heterocycles. The average molecular weight is 462 g/mol. The zero-order valence-corrected chi connectivity index (χ0v) is 19.3. The summed E-state index contributed by atoms with van der Waals surface area (Å²) in [5.74, 6) is 0.104. The number of amides is 1. The van der Waals surface area contributed by atoms with E-state index >= 15 is 0 Å². The fourth-order valence-electron chi connectivity index (χ4n) is 3.18. The summed E-state index contributed by atoms with van der Waals surface area (Å²) in [6.45, 7) is 6.48. The molecule has 0 bridgehead atoms. The van der Waals surface area contributed by atoms with Gasteiger partial charge in [-0.3, -0.25) is 4.79 Å². The van der Waals surface area contributed by atoms with Crippen molar-refractivity contribution in [3.8, 4) is 0 Å². The second-order valence-electron chi connectivity index (χ2n) is 8.16. The van der Waals surface area contributed by atoms with Crippen molar-refractivity contribution in [2.24, 2.45) is 5.92 Å². The standard InChI is InChI=1S/C23H31N3O5S/c1-18(2)15-24-16-19-6-9-21(10-7-19)32(28,29)26-13-12-20(17-26)8-11-22(27)25-31-23-5-3-4-14-30-23/h6-13,17-18,23-24H,3-5,14-16H2,1-2H3,(H,25,27). The molecule has 1 aliphatic rings. The van der Waals surface area contributed by atoms with Gasteiger partial charge in [0.1, 0.15) is 0 Å². The molecule has 0 radical (unpaired) electrons. The van der Waals surface area contributed by atoms with Gasteiger partial charge in [0.25, 0.3) is 15.9 Å². The van der Waals surface area contributed by atoms with Crippen molar-refractivity contribution in [1.82, 2.24) is 14.8 Å². The molecule has 0 spiro atoms. The van der Waals surface area contributed by atoms with Gasteiger partial charge in [-0.15, -0.1) is 0 Å². The molecule has 1 aliphatic heterocycles. The van der Waals surface area contributed by atoms with E-state index < -0.39 is 22.2 Å². The lowest BCUT2D eigenvalue weighted by molar-refractivity contribution is -0.198. The van der Waals surface area contributed by atoms with Crippen molar-refractivity contribution >= 4 is 22.0 Å². The highest BCUT2D eigenvalue weighted by atomic mass is 32.2. The molecule has 0 aliphatic carbocycles. The first-order chi connectivity index (χ1) is 15.3. The summed E-state index contributed by atoms with van der Waals surface area (Å²) < 4.78 is 32.3. The molecule has 9 heteroatoms. The Morgan fingerprint density at radius 2 is 2.03 bits per heavy atom. The molecule has 1 fully saturated rings. The first kappa shape index (κ1) is 24.2. The van der Waals surface area contributed by atoms with E-state index in [-0.39, 0.29) is 4.90 Å². The number of rotatable bonds is 10. The number of hydrogen-bond donors (Lipinski definition) is 2. The largest absolute Gasteiger partial charge is 0.350 e. The van der Waals surface area contributed by atoms with Crippen LogP contribution < -0.4 is 10.8 Å². The molecule has 2 heterocycles. The van der Waals surface area contributed by atoms with Crippen molar-refractivity contribution in [1.29, 1.82) is 0 Å². The maximum Gasteiger partial charge on any atom is 0.267 e. The van der Waals surface area contributed by atoms with Crippen LogP contribution in [-0.4, -0.2) is 37.7 Å². The summed E-state index contributed by atoms with van der Waals surface area (Å²) in [7, 11) is -3.71. The molecule has 1 aromatic heterocycles. The van der Waals surface area contributed by atoms with E-state index in [4.69, 9.17) is 9.57 Å². The van der Waals surface area contributed by atoms with E-state index in [1.807, 2.05) is 12.1 Å². The Bertz CT molecular complexity index is 1010. The van der Waals surface area contributed by atoms with E-state index in [9.17, 15) is 13.2 Å². The Labute approximate surface area is 189 Å². The van der Waals surface area contributed by atoms with E-state index in [1.54, 1.807) is 18.2 Å². The van der Waals surface area contributed by atoms with E-state index in [1.165, 1.54) is 24.5 Å². The number of ether oxygens (including phenoxy) is 1. The van der Waals surface area contributed by atoms with Gasteiger partial charge in [0.2, 0.25) is 0 Å². The Hall–Kier alpha value is -2.46. The van der Waals surface area contributed by atoms with Crippen molar-refractivity contribution in [3.63, 3.8) is 0 Å². The lowest BCUT2D eigenvalue weighted by Gasteiger charge is -2.21. The summed E-state index contributed by atoms with van der Waals surface area (Å²) in [5.41, 5.74) is 3.93. The van der Waals surface area contributed by atoms with Gasteiger partial charge in [-0.25, -0.2) is 22.7 Å². The fraction of sp³-hybridized carbons (Fsp3) is 0.435. The van der Waals surface area contributed by atoms with Gasteiger partial charge in [-0.05, 0) is 60.7 Å². The fourth-order valence-corrected chi connectivity index (χ4v) is 4.39. The first-order valence-corrected chi connectivity index (χ1v) is 12.3. The molecular weight excluding hydrogens is 430 g/mol. The van der Waals surface area contributed by atoms with Gasteiger partial charge in [-0.2, -0.15) is 0 Å². The summed E-state index contributed by atoms with van der Waals surface area (Å²) >= 11 is 0. The van der Waals surface area contributed by atoms with Crippen molar-refractivity contribution < 1.29 is 22.8 Å². The number of hydrogen-bond acceptors (Lipinski definition) is 6. The van der Waals surface area contributed by atoms with Crippen LogP contribution in [0.25, 0.3) is 6.08 Å². The molecule has 2 aromatic rings. The van der Waals surface area contributed by atoms with Crippen molar-refractivity contribution in [2.75, 3.05) is 13.2 Å². The van der Waals surface area contributed by atoms with Crippen LogP contribution in [-0.2, 0) is 30.9 Å². The second kappa shape index (κ2) is 11.4. The van der Waals surface area contributed by atoms with Crippen LogP contribution >= 0.6 is 0 Å². The normalized spacial score (nSPS) is 17.2. The van der Waals surface area contributed by atoms with Crippen LogP contribution in [0.15, 0.2) is 53.7 Å². The molecule has 8 nitrogen and oxygen atoms in total. The smallest absolute Gasteiger partial charge is 0.267 e. The third kappa shape index (κ3) is 7.03. The maximum absolute atomic E-state index is 12.9. The quantitative estimate of drug-likeness (QED) is 0.417. The summed E-state index contributed by atoms with van der Waals surface area (Å²) in [6, 6.07) is 8.46. The predicted molar refractivity (Wildman–Crippen MR) is 122 cm³/mol. The highest BCUT2D eigenvalue weighted by Crippen LogP contribution is 2.17. The van der Waals surface area contributed by atoms with Gasteiger partial charge < -0.3 is 10.1 Å². The number of aromatic nitrogens is 1. The number of carbonyl (C=O) groups excluding carboxylic acids is 1. The van der Waals surface area contributed by atoms with Gasteiger partial charge in [0.15, 0.2) is 6.29 Å². The number of nitrogens with one attached hydrogen (secondary N) is 2. The van der Waals surface area contributed by atoms with E-state index in [0.717, 1.165) is 35.3 Å². The molecule has 32 heavy (non-hydrogen) atoms. The highest BCUT2D eigenvalue weighted by molar-refractivity contribution is 7.90. The second-order valence-corrected chi connectivity index (χ2v) is 10.0. The van der Waals surface area contributed by atoms with Crippen molar-refractivity contribution in [3.05, 3.63) is 59.9 Å². The number of benzene rings is 1. The third-order valence-electron chi connectivity index (χ3n) is 4.93. The Kier molecular flexibility index (Phi) is 8.63. The topological polar surface area (TPSA) is 98.7 Å². The molecule has 1 atom stereocenters. The van der Waals surface area contributed by atoms with Crippen LogP contribution in [0.3, 0.4) is 0 Å². The molecule has 2 N–H and O–H groups in total. The minimum absolute atomic E-state index is 0.204. The van der Waals surface area contributed by atoms with E-state index in [2.05, 4.69) is 24.6 Å². The summed E-state index contributed by atoms with van der Waals surface area (Å²) in [5, 5.41) is 3.33. The number of hydroxylamine groups is 1. The van der Waals surface area contributed by atoms with Gasteiger partial charge in [0, 0.05) is 38.0 Å². The molecular formula is C23H31N3O5S. The van der Waals surface area contributed by atoms with Crippen LogP contribution in [0.1, 0.15) is 44.2 Å². The molecule has 1 amide bonds. The SMILES string of the molecule is CC(C)CNCc1ccc(S(=O)(=O)n2ccc(C=CC(=O)NOC3CCCCO3)c2)cc1. The lowest BCUT2D eigenvalue weighted by atomic mass is 10.2. The van der Waals surface area contributed by atoms with Gasteiger partial charge >= 0.3 is 0 Å². The minimum Gasteiger partial charge on any atom is -0.350 e. The third-order valence-corrected chi connectivity index (χ3v) is 6.58. The molecule has 1 unspecified atom stereocenters. The van der Waals surface area contributed by atoms with Gasteiger partial charge in [-0.1, -0.05) is 26.0 Å². The predicted octanol–water partition coefficient (Wildman–Crippen LogP) is 3.06. The van der Waals surface area contributed by atoms with Crippen molar-refractivity contribution in [2.45, 2.75) is 50.8 Å². The van der Waals surface area contributed by atoms with E-state index in [0.29, 0.717) is 24.6 Å². The average Bonchev–Trinajstić information content (AvgIpc) is 3.27. The molecule has 174 valence electrons. The maximum atomic E-state index is 12.9. The van der Waals surface area contributed by atoms with Crippen LogP contribution in [0.2, 0.25) is 0 Å². The number of nitrogens with zero attached hydrogens (tertiary/aromatic N) is 1. The van der Waals surface area contributed by atoms with Crippen LogP contribution in [0.4, 0.5) is 0 Å². The monoisotopic (exact) mass is 461 g/mol. The zero-order chi connectivity index (χ0) is 23.0. The first-order valence-electron chi connectivity index (χ1n) is 10.8. The molecule has 1 aromatic carbocycles. The molecule has 0 saturated carbocycles. The zero-order valence-electron chi connectivity index (χ0n) is 18.5. The Balaban J connectivity index is 1.56. The van der Waals surface area contributed by atoms with Gasteiger partial charge in [0.05, 0.1) is 4.90 Å². The van der Waals surface area contributed by atoms with Crippen LogP contribution in [0, 0.1) is 5.92 Å². The lowest BCUT2D eigenvalue weighted by Crippen LogP contribution is -2.32. The summed E-state index contributed by atoms with van der Waals surface area (Å²) in [4.78, 5) is 17.3. The molecule has 3 rings (SSSR count). The van der Waals surface area contributed by atoms with Crippen LogP contribution in [0.5, 0.6) is 0 Å². The number of carbonyl (C=O) groups is 1. The summed E-state index contributed by atoms with van der Waals surface area (Å²) in [6.07, 6.45) is 8.03. The minimum atomic E-state index is -3.71.